The molecule has 2 N–H and O–H groups in total. The van der Waals surface area contributed by atoms with Gasteiger partial charge in [0.2, 0.25) is 0 Å². The number of benzene rings is 1. The second-order valence-electron chi connectivity index (χ2n) is 3.86. The number of carbonyl (C=O) groups excluding carboxylic acids is 1. The van der Waals surface area contributed by atoms with E-state index in [-0.39, 0.29) is 0 Å². The number of carbonyl (C=O) groups is 1. The standard InChI is InChI=1S/C11H13BO5/c1-16-11(13)10-9-3-2-8(12(14)15)6-7(9)4-5-17-10/h2-3,6,10,14-15H,4-5H2,1H3. The molecule has 1 heterocycles. The molecule has 1 unspecified atom stereocenters. The molecule has 17 heavy (non-hydrogen) atoms. The minimum Gasteiger partial charge on any atom is -0.467 e. The SMILES string of the molecule is COC(=O)C1OCCc2cc(B(O)O)ccc21. The molecular weight excluding hydrogens is 223 g/mol. The van der Waals surface area contributed by atoms with Crippen molar-refractivity contribution in [3.63, 3.8) is 0 Å². The lowest BCUT2D eigenvalue weighted by Gasteiger charge is -2.24. The van der Waals surface area contributed by atoms with Crippen LogP contribution in [0.2, 0.25) is 0 Å². The maximum Gasteiger partial charge on any atom is 0.488 e. The maximum absolute atomic E-state index is 11.5. The number of methoxy groups -OCH3 is 1. The van der Waals surface area contributed by atoms with Gasteiger partial charge in [-0.05, 0) is 23.0 Å². The van der Waals surface area contributed by atoms with Crippen molar-refractivity contribution < 1.29 is 24.3 Å². The van der Waals surface area contributed by atoms with Crippen molar-refractivity contribution in [2.75, 3.05) is 13.7 Å². The number of hydrogen-bond donors (Lipinski definition) is 2. The summed E-state index contributed by atoms with van der Waals surface area (Å²) in [7, 11) is -0.189. The van der Waals surface area contributed by atoms with Gasteiger partial charge in [0.25, 0.3) is 0 Å². The van der Waals surface area contributed by atoms with Gasteiger partial charge >= 0.3 is 13.1 Å². The van der Waals surface area contributed by atoms with Gasteiger partial charge in [0.1, 0.15) is 0 Å². The summed E-state index contributed by atoms with van der Waals surface area (Å²) in [5.41, 5.74) is 2.03. The molecule has 0 fully saturated rings. The zero-order valence-corrected chi connectivity index (χ0v) is 9.42. The van der Waals surface area contributed by atoms with Crippen molar-refractivity contribution in [2.24, 2.45) is 0 Å². The lowest BCUT2D eigenvalue weighted by Crippen LogP contribution is -2.32. The van der Waals surface area contributed by atoms with Crippen molar-refractivity contribution >= 4 is 18.6 Å². The van der Waals surface area contributed by atoms with Crippen molar-refractivity contribution in [2.45, 2.75) is 12.5 Å². The van der Waals surface area contributed by atoms with Crippen molar-refractivity contribution in [1.29, 1.82) is 0 Å². The Bertz CT molecular complexity index is 432. The van der Waals surface area contributed by atoms with E-state index < -0.39 is 19.2 Å². The zero-order valence-electron chi connectivity index (χ0n) is 9.42. The second-order valence-corrected chi connectivity index (χ2v) is 3.86. The van der Waals surface area contributed by atoms with Gasteiger partial charge in [-0.15, -0.1) is 0 Å². The number of fused-ring (bicyclic) bond motifs is 1. The third-order valence-electron chi connectivity index (χ3n) is 2.82. The molecule has 5 nitrogen and oxygen atoms in total. The highest BCUT2D eigenvalue weighted by Gasteiger charge is 2.29. The van der Waals surface area contributed by atoms with E-state index >= 15 is 0 Å². The van der Waals surface area contributed by atoms with Gasteiger partial charge in [-0.25, -0.2) is 4.79 Å². The number of ether oxygens (including phenoxy) is 2. The van der Waals surface area contributed by atoms with Crippen LogP contribution in [-0.4, -0.2) is 36.9 Å². The molecule has 1 aromatic rings. The molecule has 0 saturated heterocycles. The fourth-order valence-electron chi connectivity index (χ4n) is 1.94. The average Bonchev–Trinajstić information content (AvgIpc) is 2.36. The van der Waals surface area contributed by atoms with Gasteiger partial charge in [0.15, 0.2) is 6.10 Å². The van der Waals surface area contributed by atoms with Gasteiger partial charge in [0.05, 0.1) is 13.7 Å². The molecule has 0 saturated carbocycles. The van der Waals surface area contributed by atoms with E-state index in [0.29, 0.717) is 18.5 Å². The van der Waals surface area contributed by atoms with Crippen LogP contribution >= 0.6 is 0 Å². The summed E-state index contributed by atoms with van der Waals surface area (Å²) in [6.45, 7) is 0.414. The van der Waals surface area contributed by atoms with Crippen LogP contribution in [0.15, 0.2) is 18.2 Å². The molecule has 2 rings (SSSR count). The van der Waals surface area contributed by atoms with Crippen molar-refractivity contribution in [3.8, 4) is 0 Å². The predicted molar refractivity (Wildman–Crippen MR) is 60.7 cm³/mol. The molecule has 1 aliphatic heterocycles. The highest BCUT2D eigenvalue weighted by molar-refractivity contribution is 6.58. The molecule has 90 valence electrons. The summed E-state index contributed by atoms with van der Waals surface area (Å²) in [6, 6.07) is 4.91. The third kappa shape index (κ3) is 2.33. The summed E-state index contributed by atoms with van der Waals surface area (Å²) < 4.78 is 10.0. The van der Waals surface area contributed by atoms with Crippen molar-refractivity contribution in [1.82, 2.24) is 0 Å². The predicted octanol–water partition coefficient (Wildman–Crippen LogP) is -0.847. The van der Waals surface area contributed by atoms with Crippen LogP contribution in [0.3, 0.4) is 0 Å². The fourth-order valence-corrected chi connectivity index (χ4v) is 1.94. The molecule has 1 atom stereocenters. The highest BCUT2D eigenvalue weighted by atomic mass is 16.6. The Balaban J connectivity index is 2.36. The van der Waals surface area contributed by atoms with Crippen LogP contribution in [0.25, 0.3) is 0 Å². The van der Waals surface area contributed by atoms with Crippen LogP contribution in [0.4, 0.5) is 0 Å². The van der Waals surface area contributed by atoms with E-state index in [0.717, 1.165) is 11.1 Å². The number of rotatable bonds is 2. The van der Waals surface area contributed by atoms with Crippen molar-refractivity contribution in [3.05, 3.63) is 29.3 Å². The molecule has 0 spiro atoms. The Hall–Kier alpha value is -1.37. The smallest absolute Gasteiger partial charge is 0.467 e. The summed E-state index contributed by atoms with van der Waals surface area (Å²) >= 11 is 0. The first-order chi connectivity index (χ1) is 8.13. The topological polar surface area (TPSA) is 76.0 Å². The minimum atomic E-state index is -1.50. The summed E-state index contributed by atoms with van der Waals surface area (Å²) in [6.07, 6.45) is -0.0720. The van der Waals surface area contributed by atoms with Gasteiger partial charge in [-0.2, -0.15) is 0 Å². The zero-order chi connectivity index (χ0) is 12.4. The molecule has 0 bridgehead atoms. The van der Waals surface area contributed by atoms with E-state index in [9.17, 15) is 4.79 Å². The quantitative estimate of drug-likeness (QED) is 0.516. The molecule has 0 aliphatic carbocycles. The van der Waals surface area contributed by atoms with Crippen LogP contribution in [-0.2, 0) is 20.7 Å². The molecule has 1 aliphatic rings. The molecule has 1 aromatic carbocycles. The monoisotopic (exact) mass is 236 g/mol. The van der Waals surface area contributed by atoms with E-state index in [4.69, 9.17) is 14.8 Å². The van der Waals surface area contributed by atoms with Crippen LogP contribution in [0, 0.1) is 0 Å². The lowest BCUT2D eigenvalue weighted by atomic mass is 9.78. The van der Waals surface area contributed by atoms with Gasteiger partial charge in [-0.3, -0.25) is 0 Å². The maximum atomic E-state index is 11.5. The summed E-state index contributed by atoms with van der Waals surface area (Å²) in [4.78, 5) is 11.5. The Morgan fingerprint density at radius 3 is 2.94 bits per heavy atom. The Morgan fingerprint density at radius 1 is 1.53 bits per heavy atom. The molecule has 0 amide bonds. The Labute approximate surface area is 99.1 Å². The normalized spacial score (nSPS) is 18.4. The third-order valence-corrected chi connectivity index (χ3v) is 2.82. The van der Waals surface area contributed by atoms with Crippen LogP contribution in [0.1, 0.15) is 17.2 Å². The van der Waals surface area contributed by atoms with E-state index in [1.54, 1.807) is 18.2 Å². The lowest BCUT2D eigenvalue weighted by molar-refractivity contribution is -0.155. The Morgan fingerprint density at radius 2 is 2.29 bits per heavy atom. The summed E-state index contributed by atoms with van der Waals surface area (Å²) in [5, 5.41) is 18.2. The van der Waals surface area contributed by atoms with E-state index in [1.165, 1.54) is 7.11 Å². The molecule has 0 radical (unpaired) electrons. The number of esters is 1. The second kappa shape index (κ2) is 4.87. The van der Waals surface area contributed by atoms with Gasteiger partial charge < -0.3 is 19.5 Å². The van der Waals surface area contributed by atoms with E-state index in [1.807, 2.05) is 0 Å². The Kier molecular flexibility index (Phi) is 3.47. The van der Waals surface area contributed by atoms with Gasteiger partial charge in [-0.1, -0.05) is 18.2 Å². The largest absolute Gasteiger partial charge is 0.488 e. The first-order valence-corrected chi connectivity index (χ1v) is 5.31. The van der Waals surface area contributed by atoms with E-state index in [2.05, 4.69) is 4.74 Å². The number of hydrogen-bond acceptors (Lipinski definition) is 5. The molecule has 0 aromatic heterocycles. The molecule has 6 heteroatoms. The molecular formula is C11H13BO5. The fraction of sp³-hybridized carbons (Fsp3) is 0.364. The highest BCUT2D eigenvalue weighted by Crippen LogP contribution is 2.27. The minimum absolute atomic E-state index is 0.411. The van der Waals surface area contributed by atoms with Crippen LogP contribution in [0.5, 0.6) is 0 Å². The average molecular weight is 236 g/mol. The first kappa shape index (κ1) is 12.1. The summed E-state index contributed by atoms with van der Waals surface area (Å²) in [5.74, 6) is -0.441. The van der Waals surface area contributed by atoms with Crippen LogP contribution < -0.4 is 5.46 Å². The first-order valence-electron chi connectivity index (χ1n) is 5.31. The van der Waals surface area contributed by atoms with Gasteiger partial charge in [0, 0.05) is 0 Å².